The van der Waals surface area contributed by atoms with Gasteiger partial charge in [0.05, 0.1) is 0 Å². The Morgan fingerprint density at radius 3 is 2.29 bits per heavy atom. The second-order valence-electron chi connectivity index (χ2n) is 8.55. The summed E-state index contributed by atoms with van der Waals surface area (Å²) in [5.74, 6) is -0.716. The number of thioether (sulfide) groups is 1. The Bertz CT molecular complexity index is 1330. The van der Waals surface area contributed by atoms with Gasteiger partial charge in [-0.1, -0.05) is 48.0 Å². The second kappa shape index (κ2) is 13.2. The fourth-order valence-electron chi connectivity index (χ4n) is 4.22. The van der Waals surface area contributed by atoms with Crippen LogP contribution in [0.4, 0.5) is 5.95 Å². The molecular formula is C28H27ClN4O4S. The predicted molar refractivity (Wildman–Crippen MR) is 150 cm³/mol. The van der Waals surface area contributed by atoms with Crippen LogP contribution in [0, 0.1) is 0 Å². The summed E-state index contributed by atoms with van der Waals surface area (Å²) in [4.78, 5) is 33.9. The zero-order valence-electron chi connectivity index (χ0n) is 20.5. The van der Waals surface area contributed by atoms with E-state index >= 15 is 0 Å². The van der Waals surface area contributed by atoms with E-state index in [0.717, 1.165) is 49.4 Å². The Hall–Kier alpha value is -3.66. The van der Waals surface area contributed by atoms with Gasteiger partial charge >= 0.3 is 11.9 Å². The number of nitrogens with zero attached hydrogens (tertiary/aromatic N) is 4. The minimum Gasteiger partial charge on any atom is -0.478 e. The number of aliphatic carboxylic acids is 2. The van der Waals surface area contributed by atoms with E-state index in [0.29, 0.717) is 12.2 Å². The molecule has 0 atom stereocenters. The summed E-state index contributed by atoms with van der Waals surface area (Å²) in [7, 11) is 0. The number of benzene rings is 2. The lowest BCUT2D eigenvalue weighted by atomic mass is 9.94. The molecule has 1 aromatic heterocycles. The first-order valence-electron chi connectivity index (χ1n) is 12.0. The molecule has 3 aromatic rings. The molecule has 3 heterocycles. The van der Waals surface area contributed by atoms with Gasteiger partial charge in [0, 0.05) is 72.9 Å². The SMILES string of the molecule is Clc1ccc2c(c1)SCc1ccccc1/C2=C/CN1CCN(c2ncccn2)CC1.O=C(O)/C=C/C(=O)O. The molecule has 0 saturated carbocycles. The summed E-state index contributed by atoms with van der Waals surface area (Å²) in [6.45, 7) is 4.84. The highest BCUT2D eigenvalue weighted by atomic mass is 35.5. The van der Waals surface area contributed by atoms with Crippen LogP contribution in [0.5, 0.6) is 0 Å². The summed E-state index contributed by atoms with van der Waals surface area (Å²) < 4.78 is 0. The van der Waals surface area contributed by atoms with Gasteiger partial charge in [0.15, 0.2) is 0 Å². The molecule has 0 bridgehead atoms. The van der Waals surface area contributed by atoms with Crippen molar-refractivity contribution in [2.75, 3.05) is 37.6 Å². The van der Waals surface area contributed by atoms with Crippen molar-refractivity contribution in [3.8, 4) is 0 Å². The van der Waals surface area contributed by atoms with Gasteiger partial charge < -0.3 is 15.1 Å². The average Bonchev–Trinajstić information content (AvgIpc) is 3.08. The monoisotopic (exact) mass is 550 g/mol. The maximum Gasteiger partial charge on any atom is 0.328 e. The molecule has 0 unspecified atom stereocenters. The third-order valence-corrected chi connectivity index (χ3v) is 7.39. The molecule has 1 saturated heterocycles. The second-order valence-corrected chi connectivity index (χ2v) is 10.0. The minimum absolute atomic E-state index is 0.558. The molecule has 196 valence electrons. The molecule has 2 N–H and O–H groups in total. The van der Waals surface area contributed by atoms with Crippen LogP contribution in [0.15, 0.2) is 84.0 Å². The van der Waals surface area contributed by atoms with Crippen molar-refractivity contribution in [3.63, 3.8) is 0 Å². The van der Waals surface area contributed by atoms with Crippen LogP contribution in [0.3, 0.4) is 0 Å². The van der Waals surface area contributed by atoms with E-state index in [1.54, 1.807) is 0 Å². The minimum atomic E-state index is -1.26. The number of carboxylic acids is 2. The quantitative estimate of drug-likeness (QED) is 0.437. The van der Waals surface area contributed by atoms with Gasteiger partial charge in [-0.2, -0.15) is 0 Å². The van der Waals surface area contributed by atoms with Gasteiger partial charge in [0.25, 0.3) is 0 Å². The third-order valence-electron chi connectivity index (χ3n) is 6.05. The van der Waals surface area contributed by atoms with Crippen LogP contribution in [0.1, 0.15) is 16.7 Å². The van der Waals surface area contributed by atoms with Crippen molar-refractivity contribution < 1.29 is 19.8 Å². The van der Waals surface area contributed by atoms with Gasteiger partial charge in [-0.25, -0.2) is 19.6 Å². The molecular weight excluding hydrogens is 524 g/mol. The molecule has 0 radical (unpaired) electrons. The Morgan fingerprint density at radius 1 is 0.921 bits per heavy atom. The van der Waals surface area contributed by atoms with E-state index in [1.807, 2.05) is 36.3 Å². The fourth-order valence-corrected chi connectivity index (χ4v) is 5.56. The number of piperazine rings is 1. The van der Waals surface area contributed by atoms with E-state index in [1.165, 1.54) is 27.2 Å². The molecule has 2 aliphatic heterocycles. The Kier molecular flexibility index (Phi) is 9.53. The predicted octanol–water partition coefficient (Wildman–Crippen LogP) is 4.70. The number of halogens is 1. The van der Waals surface area contributed by atoms with E-state index in [2.05, 4.69) is 62.2 Å². The number of hydrogen-bond acceptors (Lipinski definition) is 7. The van der Waals surface area contributed by atoms with Crippen LogP contribution in [-0.4, -0.2) is 69.7 Å². The average molecular weight is 551 g/mol. The molecule has 0 aliphatic carbocycles. The molecule has 1 fully saturated rings. The van der Waals surface area contributed by atoms with Crippen molar-refractivity contribution in [1.82, 2.24) is 14.9 Å². The number of hydrogen-bond donors (Lipinski definition) is 2. The maximum absolute atomic E-state index is 9.55. The summed E-state index contributed by atoms with van der Waals surface area (Å²) >= 11 is 8.17. The molecule has 5 rings (SSSR count). The van der Waals surface area contributed by atoms with Crippen LogP contribution in [0.2, 0.25) is 5.02 Å². The standard InChI is InChI=1S/C24H23ClN4S.C4H4O4/c25-19-6-7-22-21(20-5-2-1-4-18(20)17-30-23(22)16-19)8-11-28-12-14-29(15-13-28)24-26-9-3-10-27-24;5-3(6)1-2-4(7)8/h1-10,16H,11-15,17H2;1-2H,(H,5,6)(H,7,8)/b21-8-;2-1+. The van der Waals surface area contributed by atoms with Gasteiger partial charge in [0.1, 0.15) is 0 Å². The highest BCUT2D eigenvalue weighted by Crippen LogP contribution is 2.41. The van der Waals surface area contributed by atoms with Crippen LogP contribution < -0.4 is 4.90 Å². The van der Waals surface area contributed by atoms with Crippen molar-refractivity contribution in [1.29, 1.82) is 0 Å². The highest BCUT2D eigenvalue weighted by molar-refractivity contribution is 7.98. The molecule has 38 heavy (non-hydrogen) atoms. The van der Waals surface area contributed by atoms with E-state index in [-0.39, 0.29) is 0 Å². The summed E-state index contributed by atoms with van der Waals surface area (Å²) in [5, 5.41) is 16.4. The van der Waals surface area contributed by atoms with Gasteiger partial charge in [-0.15, -0.1) is 11.8 Å². The Labute approximate surface area is 230 Å². The van der Waals surface area contributed by atoms with Crippen LogP contribution >= 0.6 is 23.4 Å². The zero-order chi connectivity index (χ0) is 26.9. The number of fused-ring (bicyclic) bond motifs is 2. The smallest absolute Gasteiger partial charge is 0.328 e. The lowest BCUT2D eigenvalue weighted by molar-refractivity contribution is -0.134. The lowest BCUT2D eigenvalue weighted by Crippen LogP contribution is -2.47. The van der Waals surface area contributed by atoms with Crippen LogP contribution in [0.25, 0.3) is 5.57 Å². The van der Waals surface area contributed by atoms with E-state index < -0.39 is 11.9 Å². The topological polar surface area (TPSA) is 107 Å². The summed E-state index contributed by atoms with van der Waals surface area (Å²) in [6, 6.07) is 16.9. The van der Waals surface area contributed by atoms with Crippen LogP contribution in [-0.2, 0) is 15.3 Å². The molecule has 10 heteroatoms. The number of carboxylic acid groups (broad SMARTS) is 2. The molecule has 0 spiro atoms. The van der Waals surface area contributed by atoms with E-state index in [4.69, 9.17) is 21.8 Å². The molecule has 2 aliphatic rings. The molecule has 2 aromatic carbocycles. The Balaban J connectivity index is 0.000000368. The van der Waals surface area contributed by atoms with Gasteiger partial charge in [-0.3, -0.25) is 4.90 Å². The molecule has 8 nitrogen and oxygen atoms in total. The fraction of sp³-hybridized carbons (Fsp3) is 0.214. The number of aromatic nitrogens is 2. The van der Waals surface area contributed by atoms with Crippen molar-refractivity contribution in [2.45, 2.75) is 10.6 Å². The molecule has 0 amide bonds. The maximum atomic E-state index is 9.55. The number of carbonyl (C=O) groups is 2. The van der Waals surface area contributed by atoms with Gasteiger partial charge in [-0.05, 0) is 40.5 Å². The first-order chi connectivity index (χ1) is 18.4. The van der Waals surface area contributed by atoms with E-state index in [9.17, 15) is 9.59 Å². The van der Waals surface area contributed by atoms with Gasteiger partial charge in [0.2, 0.25) is 5.95 Å². The van der Waals surface area contributed by atoms with Crippen molar-refractivity contribution >= 4 is 46.8 Å². The largest absolute Gasteiger partial charge is 0.478 e. The summed E-state index contributed by atoms with van der Waals surface area (Å²) in [6.07, 6.45) is 7.13. The highest BCUT2D eigenvalue weighted by Gasteiger charge is 2.21. The first kappa shape index (κ1) is 27.4. The number of rotatable bonds is 5. The first-order valence-corrected chi connectivity index (χ1v) is 13.4. The Morgan fingerprint density at radius 2 is 1.61 bits per heavy atom. The number of anilines is 1. The van der Waals surface area contributed by atoms with Crippen molar-refractivity contribution in [2.24, 2.45) is 0 Å². The lowest BCUT2D eigenvalue weighted by Gasteiger charge is -2.34. The third kappa shape index (κ3) is 7.44. The summed E-state index contributed by atoms with van der Waals surface area (Å²) in [5.41, 5.74) is 5.32. The normalized spacial score (nSPS) is 16.2. The zero-order valence-corrected chi connectivity index (χ0v) is 22.1. The van der Waals surface area contributed by atoms with Crippen molar-refractivity contribution in [3.05, 3.63) is 101 Å².